The van der Waals surface area contributed by atoms with Gasteiger partial charge in [-0.25, -0.2) is 0 Å². The monoisotopic (exact) mass is 317 g/mol. The molecular weight excluding hydrogens is 298 g/mol. The molecule has 23 heavy (non-hydrogen) atoms. The van der Waals surface area contributed by atoms with Crippen molar-refractivity contribution in [2.24, 2.45) is 0 Å². The fraction of sp³-hybridized carbons (Fsp3) is 0.375. The van der Waals surface area contributed by atoms with Gasteiger partial charge in [0.1, 0.15) is 0 Å². The Morgan fingerprint density at radius 3 is 2.57 bits per heavy atom. The van der Waals surface area contributed by atoms with Gasteiger partial charge in [0.05, 0.1) is 25.0 Å². The molecule has 0 unspecified atom stereocenters. The van der Waals surface area contributed by atoms with E-state index in [4.69, 9.17) is 10.00 Å². The van der Waals surface area contributed by atoms with Crippen molar-refractivity contribution in [2.45, 2.75) is 25.8 Å². The van der Waals surface area contributed by atoms with Gasteiger partial charge in [0.15, 0.2) is 6.61 Å². The molecule has 1 atom stereocenters. The van der Waals surface area contributed by atoms with Crippen molar-refractivity contribution in [3.05, 3.63) is 35.9 Å². The molecule has 122 valence electrons. The first-order chi connectivity index (χ1) is 11.0. The largest absolute Gasteiger partial charge is 0.456 e. The predicted octanol–water partition coefficient (Wildman–Crippen LogP) is 0.827. The Morgan fingerprint density at radius 1 is 1.26 bits per heavy atom. The molecule has 0 aliphatic heterocycles. The van der Waals surface area contributed by atoms with Gasteiger partial charge in [0.25, 0.3) is 5.91 Å². The lowest BCUT2D eigenvalue weighted by atomic mass is 10.0. The van der Waals surface area contributed by atoms with E-state index in [0.29, 0.717) is 0 Å². The van der Waals surface area contributed by atoms with E-state index in [1.165, 1.54) is 6.92 Å². The number of ether oxygens (including phenoxy) is 1. The second-order valence-electron chi connectivity index (χ2n) is 4.79. The van der Waals surface area contributed by atoms with Crippen molar-refractivity contribution in [3.63, 3.8) is 0 Å². The number of rotatable bonds is 8. The molecule has 0 aliphatic rings. The van der Waals surface area contributed by atoms with E-state index in [0.717, 1.165) is 5.56 Å². The lowest BCUT2D eigenvalue weighted by Gasteiger charge is -2.17. The van der Waals surface area contributed by atoms with E-state index in [2.05, 4.69) is 10.6 Å². The lowest BCUT2D eigenvalue weighted by Crippen LogP contribution is -2.31. The highest BCUT2D eigenvalue weighted by Gasteiger charge is 2.18. The van der Waals surface area contributed by atoms with Crippen LogP contribution in [0, 0.1) is 11.3 Å². The molecule has 0 saturated heterocycles. The summed E-state index contributed by atoms with van der Waals surface area (Å²) in [5.41, 5.74) is 0.776. The molecule has 0 spiro atoms. The Hall–Kier alpha value is -2.88. The third kappa shape index (κ3) is 7.62. The maximum atomic E-state index is 11.8. The Kier molecular flexibility index (Phi) is 7.86. The summed E-state index contributed by atoms with van der Waals surface area (Å²) in [6, 6.07) is 10.4. The van der Waals surface area contributed by atoms with Gasteiger partial charge in [0, 0.05) is 13.5 Å². The van der Waals surface area contributed by atoms with E-state index in [1.54, 1.807) is 24.3 Å². The van der Waals surface area contributed by atoms with E-state index >= 15 is 0 Å². The fourth-order valence-corrected chi connectivity index (χ4v) is 1.86. The van der Waals surface area contributed by atoms with E-state index in [1.807, 2.05) is 12.1 Å². The summed E-state index contributed by atoms with van der Waals surface area (Å²) in [4.78, 5) is 34.5. The van der Waals surface area contributed by atoms with Crippen LogP contribution < -0.4 is 10.6 Å². The molecule has 2 N–H and O–H groups in total. The lowest BCUT2D eigenvalue weighted by molar-refractivity contribution is -0.149. The summed E-state index contributed by atoms with van der Waals surface area (Å²) in [5, 5.41) is 13.5. The number of carbonyl (C=O) groups excluding carboxylic acids is 3. The summed E-state index contributed by atoms with van der Waals surface area (Å²) in [7, 11) is 0. The Morgan fingerprint density at radius 2 is 1.96 bits per heavy atom. The third-order valence-electron chi connectivity index (χ3n) is 2.87. The molecule has 0 aromatic heterocycles. The summed E-state index contributed by atoms with van der Waals surface area (Å²) >= 11 is 0. The number of benzene rings is 1. The minimum Gasteiger partial charge on any atom is -0.456 e. The third-order valence-corrected chi connectivity index (χ3v) is 2.87. The second kappa shape index (κ2) is 9.95. The molecule has 0 bridgehead atoms. The smallest absolute Gasteiger partial charge is 0.308 e. The number of nitrogens with one attached hydrogen (secondary N) is 2. The summed E-state index contributed by atoms with van der Waals surface area (Å²) < 4.78 is 4.88. The van der Waals surface area contributed by atoms with Crippen molar-refractivity contribution < 1.29 is 19.1 Å². The first-order valence-corrected chi connectivity index (χ1v) is 7.14. The van der Waals surface area contributed by atoms with Gasteiger partial charge in [-0.05, 0) is 5.56 Å². The molecule has 1 aromatic carbocycles. The van der Waals surface area contributed by atoms with E-state index < -0.39 is 24.5 Å². The maximum absolute atomic E-state index is 11.8. The van der Waals surface area contributed by atoms with Crippen LogP contribution in [0.3, 0.4) is 0 Å². The zero-order valence-corrected chi connectivity index (χ0v) is 12.9. The highest BCUT2D eigenvalue weighted by Crippen LogP contribution is 2.17. The van der Waals surface area contributed by atoms with Crippen LogP contribution in [-0.4, -0.2) is 30.9 Å². The first kappa shape index (κ1) is 18.2. The predicted molar refractivity (Wildman–Crippen MR) is 81.8 cm³/mol. The molecule has 0 fully saturated rings. The molecule has 1 rings (SSSR count). The molecule has 1 aromatic rings. The number of hydrogen-bond donors (Lipinski definition) is 2. The van der Waals surface area contributed by atoms with Crippen LogP contribution in [-0.2, 0) is 19.1 Å². The van der Waals surface area contributed by atoms with Gasteiger partial charge in [0.2, 0.25) is 5.91 Å². The fourth-order valence-electron chi connectivity index (χ4n) is 1.86. The molecule has 7 nitrogen and oxygen atoms in total. The van der Waals surface area contributed by atoms with Gasteiger partial charge >= 0.3 is 5.97 Å². The highest BCUT2D eigenvalue weighted by molar-refractivity contribution is 5.81. The van der Waals surface area contributed by atoms with Gasteiger partial charge in [-0.1, -0.05) is 30.3 Å². The summed E-state index contributed by atoms with van der Waals surface area (Å²) in [5.74, 6) is -1.33. The Labute approximate surface area is 134 Å². The van der Waals surface area contributed by atoms with Crippen LogP contribution in [0.5, 0.6) is 0 Å². The number of hydrogen-bond acceptors (Lipinski definition) is 5. The second-order valence-corrected chi connectivity index (χ2v) is 4.79. The number of esters is 1. The molecule has 2 amide bonds. The Balaban J connectivity index is 2.49. The quantitative estimate of drug-likeness (QED) is 0.545. The highest BCUT2D eigenvalue weighted by atomic mass is 16.5. The Bertz CT molecular complexity index is 581. The average molecular weight is 317 g/mol. The van der Waals surface area contributed by atoms with E-state index in [-0.39, 0.29) is 25.3 Å². The zero-order chi connectivity index (χ0) is 17.1. The van der Waals surface area contributed by atoms with Gasteiger partial charge in [-0.15, -0.1) is 0 Å². The first-order valence-electron chi connectivity index (χ1n) is 7.14. The van der Waals surface area contributed by atoms with Crippen molar-refractivity contribution in [1.82, 2.24) is 10.6 Å². The molecular formula is C16H19N3O4. The standard InChI is InChI=1S/C16H19N3O4/c1-12(20)19-14(13-6-3-2-4-7-13)10-16(22)23-11-15(21)18-9-5-8-17/h2-4,6-7,14H,5,9-11H2,1H3,(H,18,21)(H,19,20)/t14-/m1/s1. The number of nitrogens with zero attached hydrogens (tertiary/aromatic N) is 1. The minimum atomic E-state index is -0.594. The minimum absolute atomic E-state index is 0.0743. The van der Waals surface area contributed by atoms with Crippen molar-refractivity contribution in [1.29, 1.82) is 5.26 Å². The van der Waals surface area contributed by atoms with Crippen LogP contribution in [0.4, 0.5) is 0 Å². The van der Waals surface area contributed by atoms with Crippen LogP contribution in [0.25, 0.3) is 0 Å². The molecule has 7 heteroatoms. The SMILES string of the molecule is CC(=O)N[C@H](CC(=O)OCC(=O)NCCC#N)c1ccccc1. The molecule has 0 aliphatic carbocycles. The van der Waals surface area contributed by atoms with Gasteiger partial charge in [-0.3, -0.25) is 14.4 Å². The average Bonchev–Trinajstić information content (AvgIpc) is 2.53. The number of amides is 2. The summed E-state index contributed by atoms with van der Waals surface area (Å²) in [6.07, 6.45) is 0.118. The normalized spacial score (nSPS) is 11.0. The topological polar surface area (TPSA) is 108 Å². The van der Waals surface area contributed by atoms with Crippen molar-refractivity contribution in [3.8, 4) is 6.07 Å². The van der Waals surface area contributed by atoms with E-state index in [9.17, 15) is 14.4 Å². The maximum Gasteiger partial charge on any atom is 0.308 e. The number of carbonyl (C=O) groups is 3. The van der Waals surface area contributed by atoms with Crippen molar-refractivity contribution in [2.75, 3.05) is 13.2 Å². The van der Waals surface area contributed by atoms with Crippen molar-refractivity contribution >= 4 is 17.8 Å². The molecule has 0 saturated carbocycles. The zero-order valence-electron chi connectivity index (χ0n) is 12.9. The van der Waals surface area contributed by atoms with Crippen LogP contribution in [0.15, 0.2) is 30.3 Å². The summed E-state index contributed by atoms with van der Waals surface area (Å²) in [6.45, 7) is 1.17. The van der Waals surface area contributed by atoms with Gasteiger partial charge < -0.3 is 15.4 Å². The molecule has 0 radical (unpaired) electrons. The van der Waals surface area contributed by atoms with Crippen LogP contribution >= 0.6 is 0 Å². The van der Waals surface area contributed by atoms with Crippen LogP contribution in [0.1, 0.15) is 31.4 Å². The van der Waals surface area contributed by atoms with Crippen LogP contribution in [0.2, 0.25) is 0 Å². The molecule has 0 heterocycles. The number of nitriles is 1. The van der Waals surface area contributed by atoms with Gasteiger partial charge in [-0.2, -0.15) is 5.26 Å².